The van der Waals surface area contributed by atoms with E-state index in [0.717, 1.165) is 35.6 Å². The number of fused-ring (bicyclic) bond motifs is 1. The third-order valence-corrected chi connectivity index (χ3v) is 3.78. The van der Waals surface area contributed by atoms with Crippen LogP contribution >= 0.6 is 0 Å². The van der Waals surface area contributed by atoms with Crippen molar-refractivity contribution in [3.05, 3.63) is 47.0 Å². The van der Waals surface area contributed by atoms with E-state index in [1.165, 1.54) is 0 Å². The van der Waals surface area contributed by atoms with E-state index in [-0.39, 0.29) is 5.78 Å². The smallest absolute Gasteiger partial charge is 0.177 e. The zero-order valence-corrected chi connectivity index (χ0v) is 11.8. The molecule has 1 aromatic carbocycles. The largest absolute Gasteiger partial charge is 0.315 e. The standard InChI is InChI=1S/C15H18N4O/c1-11-3-4-12(2)13(7-11)14(20)8-18-5-6-19-10-16-17-15(19)9-18/h3-4,7,10H,5-6,8-9H2,1-2H3. The van der Waals surface area contributed by atoms with Crippen LogP contribution in [-0.4, -0.2) is 38.5 Å². The number of nitrogens with zero attached hydrogens (tertiary/aromatic N) is 4. The number of rotatable bonds is 3. The minimum absolute atomic E-state index is 0.180. The normalized spacial score (nSPS) is 15.1. The molecule has 104 valence electrons. The molecule has 5 heteroatoms. The van der Waals surface area contributed by atoms with E-state index in [4.69, 9.17) is 0 Å². The number of hydrogen-bond acceptors (Lipinski definition) is 4. The highest BCUT2D eigenvalue weighted by Gasteiger charge is 2.20. The van der Waals surface area contributed by atoms with Crippen LogP contribution in [0.2, 0.25) is 0 Å². The first-order chi connectivity index (χ1) is 9.63. The Kier molecular flexibility index (Phi) is 3.36. The lowest BCUT2D eigenvalue weighted by Crippen LogP contribution is -2.37. The van der Waals surface area contributed by atoms with Gasteiger partial charge in [-0.05, 0) is 25.5 Å². The molecule has 1 aliphatic heterocycles. The second kappa shape index (κ2) is 5.17. The summed E-state index contributed by atoms with van der Waals surface area (Å²) in [5.74, 6) is 1.11. The van der Waals surface area contributed by atoms with Crippen molar-refractivity contribution in [2.75, 3.05) is 13.1 Å². The Bertz CT molecular complexity index is 647. The highest BCUT2D eigenvalue weighted by molar-refractivity contribution is 5.99. The molecule has 1 aliphatic rings. The van der Waals surface area contributed by atoms with E-state index >= 15 is 0 Å². The van der Waals surface area contributed by atoms with Crippen molar-refractivity contribution in [2.24, 2.45) is 0 Å². The minimum atomic E-state index is 0.180. The van der Waals surface area contributed by atoms with Crippen molar-refractivity contribution < 1.29 is 4.79 Å². The molecule has 0 bridgehead atoms. The molecule has 0 saturated carbocycles. The van der Waals surface area contributed by atoms with Gasteiger partial charge in [0.1, 0.15) is 12.2 Å². The first-order valence-corrected chi connectivity index (χ1v) is 6.83. The van der Waals surface area contributed by atoms with E-state index < -0.39 is 0 Å². The summed E-state index contributed by atoms with van der Waals surface area (Å²) >= 11 is 0. The molecule has 5 nitrogen and oxygen atoms in total. The molecule has 0 atom stereocenters. The van der Waals surface area contributed by atoms with E-state index in [1.54, 1.807) is 6.33 Å². The maximum atomic E-state index is 12.5. The monoisotopic (exact) mass is 270 g/mol. The predicted molar refractivity (Wildman–Crippen MR) is 75.5 cm³/mol. The van der Waals surface area contributed by atoms with Gasteiger partial charge in [0.2, 0.25) is 0 Å². The van der Waals surface area contributed by atoms with Crippen molar-refractivity contribution in [1.82, 2.24) is 19.7 Å². The van der Waals surface area contributed by atoms with Gasteiger partial charge in [-0.15, -0.1) is 10.2 Å². The summed E-state index contributed by atoms with van der Waals surface area (Å²) in [5, 5.41) is 7.98. The van der Waals surface area contributed by atoms with Crippen LogP contribution in [0, 0.1) is 13.8 Å². The highest BCUT2D eigenvalue weighted by Crippen LogP contribution is 2.14. The molecule has 2 heterocycles. The summed E-state index contributed by atoms with van der Waals surface area (Å²) in [6.45, 7) is 6.84. The molecule has 0 unspecified atom stereocenters. The molecule has 1 aromatic heterocycles. The van der Waals surface area contributed by atoms with Gasteiger partial charge in [0.05, 0.1) is 13.1 Å². The minimum Gasteiger partial charge on any atom is -0.315 e. The van der Waals surface area contributed by atoms with Crippen LogP contribution in [0.15, 0.2) is 24.5 Å². The van der Waals surface area contributed by atoms with Crippen molar-refractivity contribution in [2.45, 2.75) is 26.9 Å². The van der Waals surface area contributed by atoms with Crippen LogP contribution in [0.4, 0.5) is 0 Å². The van der Waals surface area contributed by atoms with Gasteiger partial charge in [0.25, 0.3) is 0 Å². The first kappa shape index (κ1) is 13.0. The van der Waals surface area contributed by atoms with Gasteiger partial charge in [-0.2, -0.15) is 0 Å². The van der Waals surface area contributed by atoms with Crippen LogP contribution in [0.25, 0.3) is 0 Å². The van der Waals surface area contributed by atoms with Gasteiger partial charge in [-0.3, -0.25) is 9.69 Å². The van der Waals surface area contributed by atoms with Gasteiger partial charge < -0.3 is 4.57 Å². The van der Waals surface area contributed by atoms with E-state index in [1.807, 2.05) is 36.6 Å². The number of aromatic nitrogens is 3. The molecule has 0 saturated heterocycles. The van der Waals surface area contributed by atoms with Gasteiger partial charge in [0.15, 0.2) is 5.78 Å². The lowest BCUT2D eigenvalue weighted by Gasteiger charge is -2.26. The maximum Gasteiger partial charge on any atom is 0.177 e. The van der Waals surface area contributed by atoms with Crippen molar-refractivity contribution in [1.29, 1.82) is 0 Å². The van der Waals surface area contributed by atoms with Gasteiger partial charge in [-0.25, -0.2) is 0 Å². The van der Waals surface area contributed by atoms with Gasteiger partial charge in [0, 0.05) is 18.7 Å². The average Bonchev–Trinajstić information content (AvgIpc) is 2.89. The summed E-state index contributed by atoms with van der Waals surface area (Å²) in [4.78, 5) is 14.6. The first-order valence-electron chi connectivity index (χ1n) is 6.83. The molecule has 0 aliphatic carbocycles. The van der Waals surface area contributed by atoms with Gasteiger partial charge in [-0.1, -0.05) is 17.7 Å². The zero-order chi connectivity index (χ0) is 14.1. The fraction of sp³-hybridized carbons (Fsp3) is 0.400. The van der Waals surface area contributed by atoms with Crippen molar-refractivity contribution >= 4 is 5.78 Å². The number of hydrogen-bond donors (Lipinski definition) is 0. The topological polar surface area (TPSA) is 51.0 Å². The maximum absolute atomic E-state index is 12.5. The fourth-order valence-electron chi connectivity index (χ4n) is 2.58. The van der Waals surface area contributed by atoms with Crippen LogP contribution < -0.4 is 0 Å². The third kappa shape index (κ3) is 2.49. The lowest BCUT2D eigenvalue weighted by molar-refractivity contribution is 0.0907. The van der Waals surface area contributed by atoms with Crippen LogP contribution in [-0.2, 0) is 13.1 Å². The molecular weight excluding hydrogens is 252 g/mol. The second-order valence-electron chi connectivity index (χ2n) is 5.39. The SMILES string of the molecule is Cc1ccc(C)c(C(=O)CN2CCn3cnnc3C2)c1. The third-order valence-electron chi connectivity index (χ3n) is 3.78. The molecule has 0 fully saturated rings. The number of aryl methyl sites for hydroxylation is 2. The molecule has 3 rings (SSSR count). The quantitative estimate of drug-likeness (QED) is 0.795. The van der Waals surface area contributed by atoms with Crippen LogP contribution in [0.3, 0.4) is 0 Å². The summed E-state index contributed by atoms with van der Waals surface area (Å²) in [5.41, 5.74) is 3.00. The molecular formula is C15H18N4O. The summed E-state index contributed by atoms with van der Waals surface area (Å²) < 4.78 is 2.04. The molecule has 0 spiro atoms. The summed E-state index contributed by atoms with van der Waals surface area (Å²) in [6, 6.07) is 6.02. The Morgan fingerprint density at radius 2 is 2.15 bits per heavy atom. The van der Waals surface area contributed by atoms with Crippen molar-refractivity contribution in [3.8, 4) is 0 Å². The van der Waals surface area contributed by atoms with E-state index in [2.05, 4.69) is 15.1 Å². The lowest BCUT2D eigenvalue weighted by atomic mass is 10.0. The Morgan fingerprint density at radius 3 is 3.00 bits per heavy atom. The Hall–Kier alpha value is -2.01. The number of carbonyl (C=O) groups excluding carboxylic acids is 1. The molecule has 20 heavy (non-hydrogen) atoms. The van der Waals surface area contributed by atoms with Crippen molar-refractivity contribution in [3.63, 3.8) is 0 Å². The molecule has 2 aromatic rings. The second-order valence-corrected chi connectivity index (χ2v) is 5.39. The molecule has 0 N–H and O–H groups in total. The van der Waals surface area contributed by atoms with E-state index in [9.17, 15) is 4.79 Å². The fourth-order valence-corrected chi connectivity index (χ4v) is 2.58. The van der Waals surface area contributed by atoms with E-state index in [0.29, 0.717) is 13.1 Å². The highest BCUT2D eigenvalue weighted by atomic mass is 16.1. The zero-order valence-electron chi connectivity index (χ0n) is 11.8. The predicted octanol–water partition coefficient (Wildman–Crippen LogP) is 1.59. The van der Waals surface area contributed by atoms with Crippen LogP contribution in [0.5, 0.6) is 0 Å². The van der Waals surface area contributed by atoms with Crippen LogP contribution in [0.1, 0.15) is 27.3 Å². The summed E-state index contributed by atoms with van der Waals surface area (Å²) in [7, 11) is 0. The number of benzene rings is 1. The molecule has 0 amide bonds. The summed E-state index contributed by atoms with van der Waals surface area (Å²) in [6.07, 6.45) is 1.75. The Balaban J connectivity index is 1.72. The van der Waals surface area contributed by atoms with Gasteiger partial charge >= 0.3 is 0 Å². The Labute approximate surface area is 118 Å². The average molecular weight is 270 g/mol. The number of Topliss-reactive ketones (excluding diaryl/α,β-unsaturated/α-hetero) is 1. The molecule has 0 radical (unpaired) electrons. The Morgan fingerprint density at radius 1 is 1.30 bits per heavy atom. The number of ketones is 1. The number of carbonyl (C=O) groups is 1.